The van der Waals surface area contributed by atoms with Crippen LogP contribution in [0.25, 0.3) is 0 Å². The average Bonchev–Trinajstić information content (AvgIpc) is 2.95. The summed E-state index contributed by atoms with van der Waals surface area (Å²) < 4.78 is 17.6. The molecule has 3 heterocycles. The number of fused-ring (bicyclic) bond motifs is 1. The molecular weight excluding hydrogens is 312 g/mol. The SMILES string of the molecule is CCNc1nc(N(C)CCC2CCOCC2)nc2c1[S@](=O)CC2. The van der Waals surface area contributed by atoms with E-state index in [1.165, 1.54) is 0 Å². The zero-order valence-electron chi connectivity index (χ0n) is 14.0. The molecule has 2 aliphatic heterocycles. The highest BCUT2D eigenvalue weighted by atomic mass is 32.2. The molecule has 1 aromatic heterocycles. The quantitative estimate of drug-likeness (QED) is 0.853. The van der Waals surface area contributed by atoms with Crippen molar-refractivity contribution in [3.8, 4) is 0 Å². The van der Waals surface area contributed by atoms with Gasteiger partial charge in [0, 0.05) is 45.5 Å². The van der Waals surface area contributed by atoms with Crippen LogP contribution in [0.15, 0.2) is 4.90 Å². The molecule has 23 heavy (non-hydrogen) atoms. The Labute approximate surface area is 140 Å². The predicted molar refractivity (Wildman–Crippen MR) is 92.6 cm³/mol. The Kier molecular flexibility index (Phi) is 5.48. The number of hydrogen-bond acceptors (Lipinski definition) is 6. The molecule has 1 saturated heterocycles. The normalized spacial score (nSPS) is 21.2. The summed E-state index contributed by atoms with van der Waals surface area (Å²) in [7, 11) is 1.08. The molecule has 0 aliphatic carbocycles. The summed E-state index contributed by atoms with van der Waals surface area (Å²) in [4.78, 5) is 12.2. The predicted octanol–water partition coefficient (Wildman–Crippen LogP) is 1.82. The van der Waals surface area contributed by atoms with Gasteiger partial charge in [-0.05, 0) is 32.1 Å². The molecule has 7 heteroatoms. The van der Waals surface area contributed by atoms with E-state index in [9.17, 15) is 4.21 Å². The van der Waals surface area contributed by atoms with Gasteiger partial charge in [-0.2, -0.15) is 4.98 Å². The summed E-state index contributed by atoms with van der Waals surface area (Å²) in [5.74, 6) is 2.89. The molecule has 128 valence electrons. The third-order valence-corrected chi connectivity index (χ3v) is 6.03. The van der Waals surface area contributed by atoms with E-state index in [1.54, 1.807) is 0 Å². The van der Waals surface area contributed by atoms with Crippen LogP contribution in [0.5, 0.6) is 0 Å². The number of nitrogens with zero attached hydrogens (tertiary/aromatic N) is 3. The minimum Gasteiger partial charge on any atom is -0.381 e. The van der Waals surface area contributed by atoms with Gasteiger partial charge in [0.1, 0.15) is 10.7 Å². The molecule has 3 rings (SSSR count). The highest BCUT2D eigenvalue weighted by molar-refractivity contribution is 7.85. The van der Waals surface area contributed by atoms with Gasteiger partial charge in [0.15, 0.2) is 0 Å². The van der Waals surface area contributed by atoms with E-state index < -0.39 is 10.8 Å². The maximum atomic E-state index is 12.1. The molecule has 0 unspecified atom stereocenters. The average molecular weight is 338 g/mol. The van der Waals surface area contributed by atoms with Gasteiger partial charge in [-0.15, -0.1) is 0 Å². The molecule has 0 aromatic carbocycles. The number of rotatable bonds is 6. The van der Waals surface area contributed by atoms with Crippen LogP contribution >= 0.6 is 0 Å². The monoisotopic (exact) mass is 338 g/mol. The van der Waals surface area contributed by atoms with Crippen LogP contribution in [0.2, 0.25) is 0 Å². The molecule has 1 N–H and O–H groups in total. The minimum atomic E-state index is -0.960. The largest absolute Gasteiger partial charge is 0.381 e. The van der Waals surface area contributed by atoms with Gasteiger partial charge in [-0.1, -0.05) is 0 Å². The second-order valence-electron chi connectivity index (χ2n) is 6.24. The summed E-state index contributed by atoms with van der Waals surface area (Å²) in [5.41, 5.74) is 0.946. The van der Waals surface area contributed by atoms with E-state index in [4.69, 9.17) is 4.74 Å². The topological polar surface area (TPSA) is 67.3 Å². The summed E-state index contributed by atoms with van der Waals surface area (Å²) in [5, 5.41) is 3.25. The van der Waals surface area contributed by atoms with Crippen LogP contribution in [-0.4, -0.2) is 53.3 Å². The number of hydrogen-bond donors (Lipinski definition) is 1. The van der Waals surface area contributed by atoms with Crippen LogP contribution in [0.3, 0.4) is 0 Å². The van der Waals surface area contributed by atoms with Crippen LogP contribution in [0.1, 0.15) is 31.9 Å². The molecule has 1 atom stereocenters. The van der Waals surface area contributed by atoms with E-state index >= 15 is 0 Å². The van der Waals surface area contributed by atoms with Gasteiger partial charge in [-0.3, -0.25) is 4.21 Å². The zero-order chi connectivity index (χ0) is 16.2. The smallest absolute Gasteiger partial charge is 0.227 e. The summed E-state index contributed by atoms with van der Waals surface area (Å²) in [6.45, 7) is 5.52. The van der Waals surface area contributed by atoms with E-state index in [0.717, 1.165) is 80.3 Å². The molecule has 0 bridgehead atoms. The fourth-order valence-electron chi connectivity index (χ4n) is 3.15. The fourth-order valence-corrected chi connectivity index (χ4v) is 4.48. The first-order valence-corrected chi connectivity index (χ1v) is 9.83. The number of aromatic nitrogens is 2. The lowest BCUT2D eigenvalue weighted by Crippen LogP contribution is -2.26. The van der Waals surface area contributed by atoms with E-state index in [-0.39, 0.29) is 0 Å². The second kappa shape index (κ2) is 7.57. The van der Waals surface area contributed by atoms with Gasteiger partial charge in [0.2, 0.25) is 5.95 Å². The first-order chi connectivity index (χ1) is 11.2. The Morgan fingerprint density at radius 2 is 2.13 bits per heavy atom. The van der Waals surface area contributed by atoms with E-state index in [0.29, 0.717) is 5.75 Å². The molecule has 1 aromatic rings. The van der Waals surface area contributed by atoms with Crippen LogP contribution in [0, 0.1) is 5.92 Å². The van der Waals surface area contributed by atoms with Gasteiger partial charge in [0.25, 0.3) is 0 Å². The summed E-state index contributed by atoms with van der Waals surface area (Å²) >= 11 is 0. The lowest BCUT2D eigenvalue weighted by molar-refractivity contribution is 0.0645. The molecule has 2 aliphatic rings. The Morgan fingerprint density at radius 1 is 1.35 bits per heavy atom. The van der Waals surface area contributed by atoms with E-state index in [1.807, 2.05) is 14.0 Å². The number of anilines is 2. The molecule has 0 saturated carbocycles. The third-order valence-electron chi connectivity index (χ3n) is 4.58. The van der Waals surface area contributed by atoms with E-state index in [2.05, 4.69) is 20.2 Å². The van der Waals surface area contributed by atoms with Crippen molar-refractivity contribution in [1.82, 2.24) is 9.97 Å². The van der Waals surface area contributed by atoms with Gasteiger partial charge in [-0.25, -0.2) is 4.98 Å². The van der Waals surface area contributed by atoms with Crippen molar-refractivity contribution in [3.05, 3.63) is 5.69 Å². The highest BCUT2D eigenvalue weighted by Crippen LogP contribution is 2.29. The minimum absolute atomic E-state index is 0.664. The Hall–Kier alpha value is -1.21. The molecule has 1 fully saturated rings. The van der Waals surface area contributed by atoms with Gasteiger partial charge in [0.05, 0.1) is 16.5 Å². The number of ether oxygens (including phenoxy) is 1. The summed E-state index contributed by atoms with van der Waals surface area (Å²) in [6.07, 6.45) is 4.23. The van der Waals surface area contributed by atoms with Gasteiger partial charge >= 0.3 is 0 Å². The highest BCUT2D eigenvalue weighted by Gasteiger charge is 2.26. The first-order valence-electron chi connectivity index (χ1n) is 8.51. The molecule has 6 nitrogen and oxygen atoms in total. The number of aryl methyl sites for hydroxylation is 1. The standard InChI is InChI=1S/C16H26N4O2S/c1-3-17-15-14-13(7-11-23(14)21)18-16(19-15)20(2)8-4-12-5-9-22-10-6-12/h12H,3-11H2,1-2H3,(H,17,18,19)/t23-/m1/s1. The first kappa shape index (κ1) is 16.6. The van der Waals surface area contributed by atoms with Crippen molar-refractivity contribution < 1.29 is 8.95 Å². The molecule has 0 amide bonds. The second-order valence-corrected chi connectivity index (χ2v) is 7.75. The van der Waals surface area contributed by atoms with Crippen molar-refractivity contribution in [1.29, 1.82) is 0 Å². The van der Waals surface area contributed by atoms with Crippen molar-refractivity contribution >= 4 is 22.6 Å². The molecule has 0 radical (unpaired) electrons. The van der Waals surface area contributed by atoms with Crippen molar-refractivity contribution in [2.24, 2.45) is 5.92 Å². The zero-order valence-corrected chi connectivity index (χ0v) is 14.8. The molecule has 0 spiro atoms. The van der Waals surface area contributed by atoms with Crippen molar-refractivity contribution in [2.45, 2.75) is 37.5 Å². The fraction of sp³-hybridized carbons (Fsp3) is 0.750. The third kappa shape index (κ3) is 3.83. The maximum absolute atomic E-state index is 12.1. The lowest BCUT2D eigenvalue weighted by atomic mass is 9.96. The molecular formula is C16H26N4O2S. The maximum Gasteiger partial charge on any atom is 0.227 e. The Bertz CT molecular complexity index is 575. The van der Waals surface area contributed by atoms with Crippen molar-refractivity contribution in [2.75, 3.05) is 49.3 Å². The number of nitrogens with one attached hydrogen (secondary N) is 1. The lowest BCUT2D eigenvalue weighted by Gasteiger charge is -2.25. The van der Waals surface area contributed by atoms with Gasteiger partial charge < -0.3 is 15.0 Å². The Balaban J connectivity index is 1.71. The van der Waals surface area contributed by atoms with Crippen LogP contribution in [0.4, 0.5) is 11.8 Å². The Morgan fingerprint density at radius 3 is 2.87 bits per heavy atom. The van der Waals surface area contributed by atoms with Crippen molar-refractivity contribution in [3.63, 3.8) is 0 Å². The van der Waals surface area contributed by atoms with Crippen LogP contribution in [-0.2, 0) is 22.0 Å². The van der Waals surface area contributed by atoms with Crippen LogP contribution < -0.4 is 10.2 Å². The summed E-state index contributed by atoms with van der Waals surface area (Å²) in [6, 6.07) is 0.